The van der Waals surface area contributed by atoms with Crippen molar-refractivity contribution in [1.29, 1.82) is 0 Å². The number of hydrogen-bond acceptors (Lipinski definition) is 4. The fraction of sp³-hybridized carbons (Fsp3) is 0. The Morgan fingerprint density at radius 1 is 0.900 bits per heavy atom. The van der Waals surface area contributed by atoms with E-state index in [4.69, 9.17) is 11.6 Å². The maximum atomic E-state index is 12.9. The van der Waals surface area contributed by atoms with Crippen LogP contribution in [-0.2, 0) is 0 Å². The van der Waals surface area contributed by atoms with Gasteiger partial charge < -0.3 is 15.5 Å². The number of carboxylic acids is 1. The molecule has 30 heavy (non-hydrogen) atoms. The minimum absolute atomic E-state index is 0.0523. The zero-order valence-electron chi connectivity index (χ0n) is 15.5. The smallest absolute Gasteiger partial charge is 0.340 e. The number of nitrogens with one attached hydrogen (secondary N) is 1. The van der Waals surface area contributed by atoms with Crippen LogP contribution in [-0.4, -0.2) is 27.1 Å². The molecule has 148 valence electrons. The summed E-state index contributed by atoms with van der Waals surface area (Å²) in [4.78, 5) is 29.3. The minimum atomic E-state index is -1.32. The van der Waals surface area contributed by atoms with Crippen molar-refractivity contribution in [2.24, 2.45) is 0 Å². The van der Waals surface area contributed by atoms with Gasteiger partial charge in [-0.2, -0.15) is 0 Å². The molecule has 0 saturated heterocycles. The van der Waals surface area contributed by atoms with Crippen LogP contribution >= 0.6 is 11.6 Å². The number of aromatic carboxylic acids is 1. The first-order valence-electron chi connectivity index (χ1n) is 8.97. The maximum Gasteiger partial charge on any atom is 0.340 e. The first kappa shape index (κ1) is 19.4. The number of amides is 1. The summed E-state index contributed by atoms with van der Waals surface area (Å²) < 4.78 is 0. The number of anilines is 1. The van der Waals surface area contributed by atoms with Gasteiger partial charge in [0.05, 0.1) is 11.1 Å². The van der Waals surface area contributed by atoms with E-state index in [1.165, 1.54) is 6.07 Å². The predicted molar refractivity (Wildman–Crippen MR) is 115 cm³/mol. The highest BCUT2D eigenvalue weighted by Crippen LogP contribution is 2.36. The fourth-order valence-corrected chi connectivity index (χ4v) is 3.33. The molecule has 0 saturated carbocycles. The molecule has 0 atom stereocenters. The minimum Gasteiger partial charge on any atom is -0.505 e. The second kappa shape index (κ2) is 7.85. The van der Waals surface area contributed by atoms with E-state index in [1.54, 1.807) is 60.7 Å². The Balaban J connectivity index is 1.93. The van der Waals surface area contributed by atoms with E-state index in [1.807, 2.05) is 6.07 Å². The normalized spacial score (nSPS) is 10.7. The topological polar surface area (TPSA) is 99.5 Å². The van der Waals surface area contributed by atoms with Crippen LogP contribution in [0.5, 0.6) is 5.75 Å². The van der Waals surface area contributed by atoms with Crippen LogP contribution < -0.4 is 5.32 Å². The van der Waals surface area contributed by atoms with E-state index < -0.39 is 17.6 Å². The van der Waals surface area contributed by atoms with Crippen molar-refractivity contribution in [3.05, 3.63) is 88.9 Å². The van der Waals surface area contributed by atoms with Crippen LogP contribution in [0.4, 0.5) is 5.69 Å². The van der Waals surface area contributed by atoms with E-state index in [-0.39, 0.29) is 27.7 Å². The van der Waals surface area contributed by atoms with Crippen molar-refractivity contribution in [3.8, 4) is 17.0 Å². The van der Waals surface area contributed by atoms with E-state index in [0.29, 0.717) is 16.3 Å². The Hall–Kier alpha value is -3.90. The number of halogens is 1. The molecule has 0 radical (unpaired) electrons. The van der Waals surface area contributed by atoms with Crippen LogP contribution in [0, 0.1) is 0 Å². The molecule has 0 spiro atoms. The van der Waals surface area contributed by atoms with Crippen LogP contribution in [0.1, 0.15) is 20.7 Å². The van der Waals surface area contributed by atoms with E-state index in [2.05, 4.69) is 10.3 Å². The third-order valence-corrected chi connectivity index (χ3v) is 4.85. The van der Waals surface area contributed by atoms with Gasteiger partial charge in [-0.1, -0.05) is 54.1 Å². The monoisotopic (exact) mass is 418 g/mol. The van der Waals surface area contributed by atoms with Crippen molar-refractivity contribution in [1.82, 2.24) is 4.98 Å². The van der Waals surface area contributed by atoms with Crippen LogP contribution in [0.15, 0.2) is 72.8 Å². The average molecular weight is 419 g/mol. The number of carboxylic acid groups (broad SMARTS) is 1. The standard InChI is InChI=1S/C23H15ClN2O4/c24-14-11-9-13(10-12-14)19-21(27)18(23(29)30)16-7-4-8-17(20(16)26-19)22(28)25-15-5-2-1-3-6-15/h1-12,27H,(H,25,28)(H,29,30). The summed E-state index contributed by atoms with van der Waals surface area (Å²) in [5.74, 6) is -2.24. The number of fused-ring (bicyclic) bond motifs is 1. The SMILES string of the molecule is O=C(O)c1c(O)c(-c2ccc(Cl)cc2)nc2c(C(=O)Nc3ccccc3)cccc12. The summed E-state index contributed by atoms with van der Waals surface area (Å²) in [7, 11) is 0. The largest absolute Gasteiger partial charge is 0.505 e. The highest BCUT2D eigenvalue weighted by atomic mass is 35.5. The van der Waals surface area contributed by atoms with Gasteiger partial charge in [-0.15, -0.1) is 0 Å². The average Bonchev–Trinajstić information content (AvgIpc) is 2.74. The molecule has 7 heteroatoms. The molecule has 3 aromatic carbocycles. The maximum absolute atomic E-state index is 12.9. The summed E-state index contributed by atoms with van der Waals surface area (Å²) in [6.07, 6.45) is 0. The molecule has 4 aromatic rings. The second-order valence-corrected chi connectivity index (χ2v) is 6.95. The highest BCUT2D eigenvalue weighted by molar-refractivity contribution is 6.30. The molecule has 0 fully saturated rings. The van der Waals surface area contributed by atoms with Gasteiger partial charge >= 0.3 is 5.97 Å². The molecule has 0 unspecified atom stereocenters. The van der Waals surface area contributed by atoms with Gasteiger partial charge in [-0.3, -0.25) is 4.79 Å². The van der Waals surface area contributed by atoms with Gasteiger partial charge in [0.15, 0.2) is 5.75 Å². The number of rotatable bonds is 4. The number of hydrogen-bond donors (Lipinski definition) is 3. The van der Waals surface area contributed by atoms with E-state index in [0.717, 1.165) is 0 Å². The molecule has 3 N–H and O–H groups in total. The van der Waals surface area contributed by atoms with Crippen molar-refractivity contribution >= 4 is 40.1 Å². The lowest BCUT2D eigenvalue weighted by Gasteiger charge is -2.13. The first-order valence-corrected chi connectivity index (χ1v) is 9.35. The van der Waals surface area contributed by atoms with Gasteiger partial charge in [-0.25, -0.2) is 9.78 Å². The van der Waals surface area contributed by atoms with Gasteiger partial charge in [0.2, 0.25) is 0 Å². The second-order valence-electron chi connectivity index (χ2n) is 6.52. The Labute approximate surface area is 176 Å². The van der Waals surface area contributed by atoms with Gasteiger partial charge in [0.25, 0.3) is 5.91 Å². The molecule has 1 aromatic heterocycles. The number of nitrogens with zero attached hydrogens (tertiary/aromatic N) is 1. The van der Waals surface area contributed by atoms with Crippen molar-refractivity contribution < 1.29 is 19.8 Å². The Kier molecular flexibility index (Phi) is 5.08. The number of aromatic nitrogens is 1. The third-order valence-electron chi connectivity index (χ3n) is 4.60. The van der Waals surface area contributed by atoms with Crippen molar-refractivity contribution in [3.63, 3.8) is 0 Å². The van der Waals surface area contributed by atoms with Crippen LogP contribution in [0.3, 0.4) is 0 Å². The van der Waals surface area contributed by atoms with Crippen LogP contribution in [0.2, 0.25) is 5.02 Å². The number of aromatic hydroxyl groups is 1. The lowest BCUT2D eigenvalue weighted by molar-refractivity contribution is 0.0695. The summed E-state index contributed by atoms with van der Waals surface area (Å²) in [5, 5.41) is 23.8. The molecule has 1 heterocycles. The van der Waals surface area contributed by atoms with Gasteiger partial charge in [0, 0.05) is 21.7 Å². The lowest BCUT2D eigenvalue weighted by atomic mass is 9.99. The summed E-state index contributed by atoms with van der Waals surface area (Å²) in [6, 6.07) is 20.0. The van der Waals surface area contributed by atoms with Crippen molar-refractivity contribution in [2.45, 2.75) is 0 Å². The molecular formula is C23H15ClN2O4. The number of carbonyl (C=O) groups is 2. The lowest BCUT2D eigenvalue weighted by Crippen LogP contribution is -2.13. The molecule has 1 amide bonds. The molecule has 0 aliphatic carbocycles. The number of benzene rings is 3. The molecule has 0 aliphatic rings. The predicted octanol–water partition coefficient (Wildman–Crippen LogP) is 5.21. The van der Waals surface area contributed by atoms with E-state index in [9.17, 15) is 19.8 Å². The summed E-state index contributed by atoms with van der Waals surface area (Å²) in [5.41, 5.74) is 1.16. The molecule has 4 rings (SSSR count). The Bertz CT molecular complexity index is 1270. The zero-order valence-corrected chi connectivity index (χ0v) is 16.2. The Morgan fingerprint density at radius 2 is 1.60 bits per heavy atom. The number of para-hydroxylation sites is 2. The third kappa shape index (κ3) is 3.56. The Morgan fingerprint density at radius 3 is 2.27 bits per heavy atom. The molecular weight excluding hydrogens is 404 g/mol. The first-order chi connectivity index (χ1) is 14.5. The van der Waals surface area contributed by atoms with Crippen molar-refractivity contribution in [2.75, 3.05) is 5.32 Å². The molecule has 0 aliphatic heterocycles. The molecule has 6 nitrogen and oxygen atoms in total. The van der Waals surface area contributed by atoms with E-state index >= 15 is 0 Å². The quantitative estimate of drug-likeness (QED) is 0.422. The highest BCUT2D eigenvalue weighted by Gasteiger charge is 2.23. The van der Waals surface area contributed by atoms with Gasteiger partial charge in [-0.05, 0) is 30.3 Å². The fourth-order valence-electron chi connectivity index (χ4n) is 3.21. The van der Waals surface area contributed by atoms with Gasteiger partial charge in [0.1, 0.15) is 11.3 Å². The zero-order chi connectivity index (χ0) is 21.3. The number of carbonyl (C=O) groups excluding carboxylic acids is 1. The summed E-state index contributed by atoms with van der Waals surface area (Å²) >= 11 is 5.93. The molecule has 0 bridgehead atoms. The summed E-state index contributed by atoms with van der Waals surface area (Å²) in [6.45, 7) is 0. The van der Waals surface area contributed by atoms with Crippen LogP contribution in [0.25, 0.3) is 22.2 Å². The number of pyridine rings is 1.